The molecular weight excluding hydrogens is 358 g/mol. The summed E-state index contributed by atoms with van der Waals surface area (Å²) in [5, 5.41) is 3.01. The third-order valence-corrected chi connectivity index (χ3v) is 3.66. The minimum absolute atomic E-state index is 0.358. The van der Waals surface area contributed by atoms with E-state index in [0.717, 1.165) is 6.07 Å². The zero-order valence-corrected chi connectivity index (χ0v) is 14.3. The molecule has 25 heavy (non-hydrogen) atoms. The number of benzene rings is 2. The van der Waals surface area contributed by atoms with Gasteiger partial charge in [-0.25, -0.2) is 9.38 Å². The van der Waals surface area contributed by atoms with Gasteiger partial charge in [0.2, 0.25) is 0 Å². The van der Waals surface area contributed by atoms with E-state index in [1.807, 2.05) is 6.92 Å². The van der Waals surface area contributed by atoms with E-state index in [0.29, 0.717) is 23.3 Å². The Morgan fingerprint density at radius 1 is 1.20 bits per heavy atom. The molecular formula is C17H16ClF4N3. The lowest BCUT2D eigenvalue weighted by atomic mass is 10.1. The lowest BCUT2D eigenvalue weighted by Gasteiger charge is -2.16. The molecule has 0 aliphatic heterocycles. The van der Waals surface area contributed by atoms with Gasteiger partial charge in [-0.05, 0) is 37.3 Å². The van der Waals surface area contributed by atoms with E-state index in [1.54, 1.807) is 11.9 Å². The molecule has 134 valence electrons. The highest BCUT2D eigenvalue weighted by Gasteiger charge is 2.34. The third kappa shape index (κ3) is 5.09. The zero-order valence-electron chi connectivity index (χ0n) is 13.5. The Morgan fingerprint density at radius 3 is 2.40 bits per heavy atom. The van der Waals surface area contributed by atoms with Crippen LogP contribution in [0.15, 0.2) is 41.4 Å². The van der Waals surface area contributed by atoms with Crippen molar-refractivity contribution in [2.45, 2.75) is 13.1 Å². The monoisotopic (exact) mass is 373 g/mol. The Morgan fingerprint density at radius 2 is 1.84 bits per heavy atom. The normalized spacial score (nSPS) is 11.8. The van der Waals surface area contributed by atoms with Crippen LogP contribution < -0.4 is 5.32 Å². The van der Waals surface area contributed by atoms with Gasteiger partial charge in [-0.15, -0.1) is 0 Å². The van der Waals surface area contributed by atoms with Gasteiger partial charge in [0.25, 0.3) is 0 Å². The van der Waals surface area contributed by atoms with Crippen molar-refractivity contribution in [2.75, 3.05) is 18.9 Å². The molecule has 8 heteroatoms. The van der Waals surface area contributed by atoms with Crippen LogP contribution in [0.1, 0.15) is 12.5 Å². The summed E-state index contributed by atoms with van der Waals surface area (Å²) in [4.78, 5) is 5.41. The van der Waals surface area contributed by atoms with Gasteiger partial charge in [0, 0.05) is 30.4 Å². The Kier molecular flexibility index (Phi) is 5.89. The molecule has 0 heterocycles. The maximum atomic E-state index is 14.2. The lowest BCUT2D eigenvalue weighted by Crippen LogP contribution is -2.14. The number of nitrogens with one attached hydrogen (secondary N) is 1. The number of rotatable bonds is 5. The van der Waals surface area contributed by atoms with Gasteiger partial charge in [0.05, 0.1) is 17.6 Å². The van der Waals surface area contributed by atoms with E-state index in [2.05, 4.69) is 10.3 Å². The fourth-order valence-electron chi connectivity index (χ4n) is 1.93. The van der Waals surface area contributed by atoms with Crippen molar-refractivity contribution in [1.29, 1.82) is 0 Å². The largest absolute Gasteiger partial charge is 0.418 e. The van der Waals surface area contributed by atoms with Crippen LogP contribution in [0.4, 0.5) is 34.6 Å². The van der Waals surface area contributed by atoms with E-state index in [9.17, 15) is 17.6 Å². The number of anilines is 2. The molecule has 3 nitrogen and oxygen atoms in total. The number of alkyl halides is 3. The summed E-state index contributed by atoms with van der Waals surface area (Å²) in [6.45, 7) is 2.43. The molecule has 0 spiro atoms. The van der Waals surface area contributed by atoms with E-state index in [1.165, 1.54) is 30.6 Å². The second kappa shape index (κ2) is 7.74. The Hall–Kier alpha value is -2.28. The van der Waals surface area contributed by atoms with Crippen molar-refractivity contribution in [3.8, 4) is 0 Å². The summed E-state index contributed by atoms with van der Waals surface area (Å²) in [6, 6.07) is 7.52. The molecule has 0 aromatic heterocycles. The molecule has 0 aliphatic carbocycles. The zero-order chi connectivity index (χ0) is 18.6. The van der Waals surface area contributed by atoms with Crippen LogP contribution in [0.3, 0.4) is 0 Å². The van der Waals surface area contributed by atoms with Crippen molar-refractivity contribution in [3.05, 3.63) is 52.8 Å². The molecule has 0 aliphatic rings. The van der Waals surface area contributed by atoms with Gasteiger partial charge in [-0.1, -0.05) is 11.6 Å². The first-order valence-corrected chi connectivity index (χ1v) is 7.76. The molecule has 0 saturated heterocycles. The van der Waals surface area contributed by atoms with Crippen LogP contribution in [0.2, 0.25) is 5.02 Å². The molecule has 0 amide bonds. The highest BCUT2D eigenvalue weighted by atomic mass is 35.5. The predicted molar refractivity (Wildman–Crippen MR) is 92.6 cm³/mol. The van der Waals surface area contributed by atoms with E-state index < -0.39 is 23.2 Å². The first-order valence-electron chi connectivity index (χ1n) is 7.38. The van der Waals surface area contributed by atoms with Crippen molar-refractivity contribution in [3.63, 3.8) is 0 Å². The SMILES string of the molecule is CCN(C)/C=N\c1cc(C(F)(F)F)c(Nc2ccc(Cl)cc2)cc1F. The van der Waals surface area contributed by atoms with Crippen LogP contribution in [-0.4, -0.2) is 24.8 Å². The number of halogens is 5. The van der Waals surface area contributed by atoms with E-state index >= 15 is 0 Å². The first-order chi connectivity index (χ1) is 11.7. The standard InChI is InChI=1S/C17H16ClF4N3/c1-3-25(2)10-23-16-8-13(17(20,21)22)15(9-14(16)19)24-12-6-4-11(18)5-7-12/h4-10,24H,3H2,1-2H3/b23-10-. The Bertz CT molecular complexity index is 758. The van der Waals surface area contributed by atoms with Gasteiger partial charge in [0.15, 0.2) is 5.82 Å². The molecule has 2 aromatic carbocycles. The van der Waals surface area contributed by atoms with E-state index in [4.69, 9.17) is 11.6 Å². The van der Waals surface area contributed by atoms with Crippen LogP contribution in [0, 0.1) is 5.82 Å². The number of aliphatic imine (C=N–C) groups is 1. The summed E-state index contributed by atoms with van der Waals surface area (Å²) in [5.41, 5.74) is -1.42. The maximum Gasteiger partial charge on any atom is 0.418 e. The average molecular weight is 374 g/mol. The van der Waals surface area contributed by atoms with Gasteiger partial charge in [0.1, 0.15) is 5.69 Å². The number of nitrogens with zero attached hydrogens (tertiary/aromatic N) is 2. The molecule has 0 saturated carbocycles. The first kappa shape index (κ1) is 19.1. The lowest BCUT2D eigenvalue weighted by molar-refractivity contribution is -0.136. The predicted octanol–water partition coefficient (Wildman–Crippen LogP) is 5.85. The molecule has 2 aromatic rings. The molecule has 0 radical (unpaired) electrons. The van der Waals surface area contributed by atoms with Crippen molar-refractivity contribution in [1.82, 2.24) is 4.90 Å². The average Bonchev–Trinajstić information content (AvgIpc) is 2.54. The van der Waals surface area contributed by atoms with Crippen LogP contribution >= 0.6 is 11.6 Å². The summed E-state index contributed by atoms with van der Waals surface area (Å²) in [7, 11) is 1.68. The van der Waals surface area contributed by atoms with E-state index in [-0.39, 0.29) is 5.69 Å². The van der Waals surface area contributed by atoms with Gasteiger partial charge >= 0.3 is 6.18 Å². The fraction of sp³-hybridized carbons (Fsp3) is 0.235. The summed E-state index contributed by atoms with van der Waals surface area (Å²) >= 11 is 5.75. The molecule has 2 rings (SSSR count). The van der Waals surface area contributed by atoms with Crippen LogP contribution in [0.25, 0.3) is 0 Å². The number of hydrogen-bond donors (Lipinski definition) is 1. The summed E-state index contributed by atoms with van der Waals surface area (Å²) in [6.07, 6.45) is -3.38. The van der Waals surface area contributed by atoms with Gasteiger partial charge in [-0.3, -0.25) is 0 Å². The fourth-order valence-corrected chi connectivity index (χ4v) is 2.06. The Labute approximate surface area is 147 Å². The van der Waals surface area contributed by atoms with Crippen LogP contribution in [0.5, 0.6) is 0 Å². The quantitative estimate of drug-likeness (QED) is 0.404. The molecule has 0 bridgehead atoms. The van der Waals surface area contributed by atoms with Gasteiger partial charge in [-0.2, -0.15) is 13.2 Å². The third-order valence-electron chi connectivity index (χ3n) is 3.41. The summed E-state index contributed by atoms with van der Waals surface area (Å²) < 4.78 is 54.2. The molecule has 1 N–H and O–H groups in total. The Balaban J connectivity index is 2.43. The highest BCUT2D eigenvalue weighted by molar-refractivity contribution is 6.30. The molecule has 0 unspecified atom stereocenters. The molecule has 0 fully saturated rings. The topological polar surface area (TPSA) is 27.6 Å². The van der Waals surface area contributed by atoms with Crippen LogP contribution in [-0.2, 0) is 6.18 Å². The minimum Gasteiger partial charge on any atom is -0.366 e. The second-order valence-electron chi connectivity index (χ2n) is 5.30. The highest BCUT2D eigenvalue weighted by Crippen LogP contribution is 2.39. The van der Waals surface area contributed by atoms with Crippen molar-refractivity contribution < 1.29 is 17.6 Å². The maximum absolute atomic E-state index is 14.2. The summed E-state index contributed by atoms with van der Waals surface area (Å²) in [5.74, 6) is -0.856. The minimum atomic E-state index is -4.66. The second-order valence-corrected chi connectivity index (χ2v) is 5.73. The number of hydrogen-bond acceptors (Lipinski definition) is 2. The van der Waals surface area contributed by atoms with Crippen molar-refractivity contribution >= 4 is 35.0 Å². The molecule has 0 atom stereocenters. The van der Waals surface area contributed by atoms with Gasteiger partial charge < -0.3 is 10.2 Å². The van der Waals surface area contributed by atoms with Crippen molar-refractivity contribution in [2.24, 2.45) is 4.99 Å². The smallest absolute Gasteiger partial charge is 0.366 e.